The van der Waals surface area contributed by atoms with Crippen molar-refractivity contribution in [1.82, 2.24) is 0 Å². The molecule has 1 rings (SSSR count). The lowest BCUT2D eigenvalue weighted by Crippen LogP contribution is -2.24. The van der Waals surface area contributed by atoms with E-state index < -0.39 is 11.4 Å². The summed E-state index contributed by atoms with van der Waals surface area (Å²) in [6, 6.07) is 8.00. The van der Waals surface area contributed by atoms with Crippen LogP contribution in [0.3, 0.4) is 0 Å². The van der Waals surface area contributed by atoms with Crippen LogP contribution in [0.25, 0.3) is 0 Å². The Labute approximate surface area is 130 Å². The Hall–Kier alpha value is -0.910. The molecule has 0 aliphatic heterocycles. The zero-order valence-corrected chi connectivity index (χ0v) is 14.3. The van der Waals surface area contributed by atoms with E-state index in [0.717, 1.165) is 12.2 Å². The van der Waals surface area contributed by atoms with E-state index in [-0.39, 0.29) is 24.0 Å². The normalized spacial score (nSPS) is 14.0. The van der Waals surface area contributed by atoms with E-state index in [4.69, 9.17) is 9.29 Å². The molecular formula is C16H26O4S. The van der Waals surface area contributed by atoms with Crippen molar-refractivity contribution in [2.75, 3.05) is 13.2 Å². The van der Waals surface area contributed by atoms with Crippen molar-refractivity contribution < 1.29 is 17.7 Å². The Morgan fingerprint density at radius 1 is 1.05 bits per heavy atom. The Morgan fingerprint density at radius 3 is 2.10 bits per heavy atom. The minimum atomic E-state index is -2.23. The van der Waals surface area contributed by atoms with Gasteiger partial charge in [-0.05, 0) is 34.9 Å². The summed E-state index contributed by atoms with van der Waals surface area (Å²) in [5.41, 5.74) is 1.65. The van der Waals surface area contributed by atoms with Crippen molar-refractivity contribution in [3.8, 4) is 5.75 Å². The van der Waals surface area contributed by atoms with Gasteiger partial charge in [0.2, 0.25) is 0 Å². The summed E-state index contributed by atoms with van der Waals surface area (Å²) in [4.78, 5) is 0. The van der Waals surface area contributed by atoms with Crippen LogP contribution in [-0.2, 0) is 21.0 Å². The van der Waals surface area contributed by atoms with E-state index in [0.29, 0.717) is 0 Å². The molecule has 0 fully saturated rings. The topological polar surface area (TPSA) is 55.8 Å². The van der Waals surface area contributed by atoms with E-state index in [1.807, 2.05) is 12.1 Å². The first-order valence-electron chi connectivity index (χ1n) is 7.08. The van der Waals surface area contributed by atoms with Crippen molar-refractivity contribution in [2.24, 2.45) is 5.41 Å². The average molecular weight is 314 g/mol. The number of benzene rings is 1. The van der Waals surface area contributed by atoms with Crippen LogP contribution in [0.15, 0.2) is 24.3 Å². The van der Waals surface area contributed by atoms with E-state index in [9.17, 15) is 4.21 Å². The first kappa shape index (κ1) is 18.1. The van der Waals surface area contributed by atoms with Gasteiger partial charge in [0, 0.05) is 0 Å². The summed E-state index contributed by atoms with van der Waals surface area (Å²) in [6.45, 7) is 11.6. The molecule has 5 heteroatoms. The van der Waals surface area contributed by atoms with E-state index >= 15 is 0 Å². The predicted octanol–water partition coefficient (Wildman–Crippen LogP) is 3.93. The average Bonchev–Trinajstić information content (AvgIpc) is 2.32. The predicted molar refractivity (Wildman–Crippen MR) is 85.8 cm³/mol. The second-order valence-electron chi connectivity index (χ2n) is 7.03. The van der Waals surface area contributed by atoms with Crippen LogP contribution in [-0.4, -0.2) is 22.0 Å². The van der Waals surface area contributed by atoms with Crippen LogP contribution in [0.1, 0.15) is 46.6 Å². The molecule has 0 bridgehead atoms. The van der Waals surface area contributed by atoms with Crippen molar-refractivity contribution >= 4 is 11.4 Å². The third-order valence-electron chi connectivity index (χ3n) is 3.14. The van der Waals surface area contributed by atoms with Gasteiger partial charge < -0.3 is 4.74 Å². The van der Waals surface area contributed by atoms with Gasteiger partial charge >= 0.3 is 11.4 Å². The Bertz CT molecular complexity index is 460. The van der Waals surface area contributed by atoms with Crippen LogP contribution in [0, 0.1) is 5.41 Å². The van der Waals surface area contributed by atoms with Crippen LogP contribution in [0.2, 0.25) is 0 Å². The number of hydrogen-bond acceptors (Lipinski definition) is 3. The first-order valence-corrected chi connectivity index (χ1v) is 8.11. The SMILES string of the molecule is CC(C)(C)CC(C)(C)c1ccc(OCCOS(=O)O)cc1. The van der Waals surface area contributed by atoms with Crippen molar-refractivity contribution in [3.63, 3.8) is 0 Å². The molecule has 21 heavy (non-hydrogen) atoms. The molecule has 0 radical (unpaired) electrons. The van der Waals surface area contributed by atoms with Crippen LogP contribution in [0.5, 0.6) is 5.75 Å². The van der Waals surface area contributed by atoms with Gasteiger partial charge in [-0.3, -0.25) is 8.74 Å². The summed E-state index contributed by atoms with van der Waals surface area (Å²) < 4.78 is 28.7. The molecule has 0 aliphatic rings. The zero-order chi connectivity index (χ0) is 16.1. The largest absolute Gasteiger partial charge is 0.491 e. The fourth-order valence-corrected chi connectivity index (χ4v) is 2.91. The lowest BCUT2D eigenvalue weighted by molar-refractivity contribution is 0.217. The summed E-state index contributed by atoms with van der Waals surface area (Å²) >= 11 is -2.23. The smallest absolute Gasteiger partial charge is 0.302 e. The second-order valence-corrected chi connectivity index (χ2v) is 7.70. The van der Waals surface area contributed by atoms with Crippen molar-refractivity contribution in [2.45, 2.75) is 46.5 Å². The molecule has 120 valence electrons. The quantitative estimate of drug-likeness (QED) is 0.612. The minimum Gasteiger partial charge on any atom is -0.491 e. The molecule has 1 aromatic rings. The highest BCUT2D eigenvalue weighted by Gasteiger charge is 2.27. The van der Waals surface area contributed by atoms with Crippen LogP contribution >= 0.6 is 0 Å². The molecule has 0 saturated heterocycles. The third-order valence-corrected chi connectivity index (χ3v) is 3.51. The highest BCUT2D eigenvalue weighted by atomic mass is 32.2. The summed E-state index contributed by atoms with van der Waals surface area (Å²) in [5, 5.41) is 0. The summed E-state index contributed by atoms with van der Waals surface area (Å²) in [5.74, 6) is 0.734. The van der Waals surface area contributed by atoms with E-state index in [2.05, 4.69) is 50.9 Å². The van der Waals surface area contributed by atoms with Crippen molar-refractivity contribution in [3.05, 3.63) is 29.8 Å². The van der Waals surface area contributed by atoms with Gasteiger partial charge in [-0.25, -0.2) is 0 Å². The maximum absolute atomic E-state index is 10.3. The molecule has 0 aliphatic carbocycles. The molecule has 0 amide bonds. The molecule has 0 heterocycles. The Morgan fingerprint density at radius 2 is 1.62 bits per heavy atom. The monoisotopic (exact) mass is 314 g/mol. The molecule has 1 unspecified atom stereocenters. The maximum Gasteiger partial charge on any atom is 0.302 e. The Kier molecular flexibility index (Phi) is 6.38. The Balaban J connectivity index is 2.59. The van der Waals surface area contributed by atoms with Gasteiger partial charge in [0.25, 0.3) is 0 Å². The van der Waals surface area contributed by atoms with E-state index in [1.165, 1.54) is 5.56 Å². The third kappa shape index (κ3) is 7.07. The van der Waals surface area contributed by atoms with Gasteiger partial charge in [0.15, 0.2) is 0 Å². The fraction of sp³-hybridized carbons (Fsp3) is 0.625. The van der Waals surface area contributed by atoms with Gasteiger partial charge in [-0.2, -0.15) is 4.21 Å². The molecule has 4 nitrogen and oxygen atoms in total. The lowest BCUT2D eigenvalue weighted by atomic mass is 9.72. The highest BCUT2D eigenvalue weighted by Crippen LogP contribution is 2.36. The minimum absolute atomic E-state index is 0.0837. The standard InChI is InChI=1S/C16H26O4S/c1-15(2,3)12-16(4,5)13-6-8-14(9-7-13)19-10-11-20-21(17)18/h6-9H,10-12H2,1-5H3,(H,17,18). The molecule has 0 saturated carbocycles. The molecule has 0 aromatic heterocycles. The van der Waals surface area contributed by atoms with Gasteiger partial charge in [-0.1, -0.05) is 46.8 Å². The summed E-state index contributed by atoms with van der Waals surface area (Å²) in [7, 11) is 0. The van der Waals surface area contributed by atoms with Crippen molar-refractivity contribution in [1.29, 1.82) is 0 Å². The van der Waals surface area contributed by atoms with E-state index in [1.54, 1.807) is 0 Å². The summed E-state index contributed by atoms with van der Waals surface area (Å²) in [6.07, 6.45) is 1.09. The number of ether oxygens (including phenoxy) is 1. The molecule has 1 atom stereocenters. The van der Waals surface area contributed by atoms with Gasteiger partial charge in [0.1, 0.15) is 19.0 Å². The highest BCUT2D eigenvalue weighted by molar-refractivity contribution is 7.74. The first-order chi connectivity index (χ1) is 9.60. The van der Waals surface area contributed by atoms with Gasteiger partial charge in [0.05, 0.1) is 0 Å². The maximum atomic E-state index is 10.3. The van der Waals surface area contributed by atoms with Crippen LogP contribution < -0.4 is 4.74 Å². The second kappa shape index (κ2) is 7.38. The number of hydrogen-bond donors (Lipinski definition) is 1. The lowest BCUT2D eigenvalue weighted by Gasteiger charge is -2.33. The molecular weight excluding hydrogens is 288 g/mol. The number of rotatable bonds is 7. The molecule has 0 spiro atoms. The van der Waals surface area contributed by atoms with Gasteiger partial charge in [-0.15, -0.1) is 0 Å². The molecule has 1 aromatic carbocycles. The fourth-order valence-electron chi connectivity index (χ4n) is 2.70. The van der Waals surface area contributed by atoms with Crippen LogP contribution in [0.4, 0.5) is 0 Å². The molecule has 1 N–H and O–H groups in total. The zero-order valence-electron chi connectivity index (χ0n) is 13.5.